The van der Waals surface area contributed by atoms with Gasteiger partial charge in [-0.2, -0.15) is 0 Å². The number of hydrogen-bond donors (Lipinski definition) is 1. The Morgan fingerprint density at radius 2 is 2.14 bits per heavy atom. The molecule has 0 bridgehead atoms. The van der Waals surface area contributed by atoms with Gasteiger partial charge < -0.3 is 14.3 Å². The van der Waals surface area contributed by atoms with E-state index in [4.69, 9.17) is 8.94 Å². The van der Waals surface area contributed by atoms with Gasteiger partial charge in [0.1, 0.15) is 22.7 Å². The summed E-state index contributed by atoms with van der Waals surface area (Å²) in [4.78, 5) is 12.5. The van der Waals surface area contributed by atoms with Crippen molar-refractivity contribution in [3.05, 3.63) is 53.1 Å². The molecule has 0 aliphatic carbocycles. The first-order chi connectivity index (χ1) is 10.6. The quantitative estimate of drug-likeness (QED) is 0.795. The molecule has 3 aromatic rings. The Morgan fingerprint density at radius 1 is 1.36 bits per heavy atom. The Labute approximate surface area is 128 Å². The van der Waals surface area contributed by atoms with Gasteiger partial charge in [0.15, 0.2) is 0 Å². The summed E-state index contributed by atoms with van der Waals surface area (Å²) in [5, 5.41) is 7.88. The third kappa shape index (κ3) is 2.50. The summed E-state index contributed by atoms with van der Waals surface area (Å²) >= 11 is 0. The molecule has 0 fully saturated rings. The standard InChI is InChI=1S/C17H18N2O3/c1-4-13-16(11(3)22-19-13)17(20)18-10(2)15-9-12-7-5-6-8-14(12)21-15/h5-10H,4H2,1-3H3,(H,18,20)/t10-/m0/s1. The number of nitrogens with one attached hydrogen (secondary N) is 1. The van der Waals surface area contributed by atoms with E-state index in [1.165, 1.54) is 0 Å². The second-order valence-corrected chi connectivity index (χ2v) is 5.30. The number of hydrogen-bond acceptors (Lipinski definition) is 4. The monoisotopic (exact) mass is 298 g/mol. The molecule has 0 radical (unpaired) electrons. The van der Waals surface area contributed by atoms with Crippen LogP contribution in [0.15, 0.2) is 39.3 Å². The van der Waals surface area contributed by atoms with Crippen LogP contribution < -0.4 is 5.32 Å². The average molecular weight is 298 g/mol. The first kappa shape index (κ1) is 14.4. The van der Waals surface area contributed by atoms with E-state index in [1.807, 2.05) is 44.2 Å². The van der Waals surface area contributed by atoms with Crippen molar-refractivity contribution in [2.45, 2.75) is 33.2 Å². The molecule has 0 unspecified atom stereocenters. The second kappa shape index (κ2) is 5.67. The highest BCUT2D eigenvalue weighted by atomic mass is 16.5. The number of para-hydroxylation sites is 1. The number of benzene rings is 1. The van der Waals surface area contributed by atoms with Crippen molar-refractivity contribution >= 4 is 16.9 Å². The number of aromatic nitrogens is 1. The lowest BCUT2D eigenvalue weighted by Gasteiger charge is -2.11. The maximum atomic E-state index is 12.5. The minimum atomic E-state index is -0.237. The maximum Gasteiger partial charge on any atom is 0.257 e. The van der Waals surface area contributed by atoms with Gasteiger partial charge in [-0.3, -0.25) is 4.79 Å². The molecule has 5 heteroatoms. The molecular weight excluding hydrogens is 280 g/mol. The van der Waals surface area contributed by atoms with Crippen LogP contribution in [0.4, 0.5) is 0 Å². The summed E-state index contributed by atoms with van der Waals surface area (Å²) < 4.78 is 10.9. The molecule has 0 saturated heterocycles. The molecule has 1 amide bonds. The van der Waals surface area contributed by atoms with Crippen molar-refractivity contribution in [3.8, 4) is 0 Å². The molecule has 0 aliphatic rings. The van der Waals surface area contributed by atoms with Gasteiger partial charge >= 0.3 is 0 Å². The van der Waals surface area contributed by atoms with Gasteiger partial charge in [0.25, 0.3) is 5.91 Å². The van der Waals surface area contributed by atoms with Crippen LogP contribution in [0.2, 0.25) is 0 Å². The number of fused-ring (bicyclic) bond motifs is 1. The summed E-state index contributed by atoms with van der Waals surface area (Å²) in [5.41, 5.74) is 2.01. The van der Waals surface area contributed by atoms with Crippen LogP contribution in [0, 0.1) is 6.92 Å². The number of aryl methyl sites for hydroxylation is 2. The Bertz CT molecular complexity index is 783. The van der Waals surface area contributed by atoms with Crippen LogP contribution in [0.1, 0.15) is 47.5 Å². The Morgan fingerprint density at radius 3 is 2.86 bits per heavy atom. The molecule has 2 heterocycles. The third-order valence-corrected chi connectivity index (χ3v) is 3.71. The van der Waals surface area contributed by atoms with E-state index in [-0.39, 0.29) is 11.9 Å². The highest BCUT2D eigenvalue weighted by Gasteiger charge is 2.22. The van der Waals surface area contributed by atoms with Gasteiger partial charge in [0, 0.05) is 5.39 Å². The molecule has 1 atom stereocenters. The van der Waals surface area contributed by atoms with E-state index >= 15 is 0 Å². The molecule has 2 aromatic heterocycles. The molecule has 3 rings (SSSR count). The van der Waals surface area contributed by atoms with Crippen molar-refractivity contribution in [1.29, 1.82) is 0 Å². The van der Waals surface area contributed by atoms with Crippen molar-refractivity contribution in [2.24, 2.45) is 0 Å². The molecule has 0 saturated carbocycles. The normalized spacial score (nSPS) is 12.5. The smallest absolute Gasteiger partial charge is 0.257 e. The minimum Gasteiger partial charge on any atom is -0.459 e. The lowest BCUT2D eigenvalue weighted by molar-refractivity contribution is 0.0933. The summed E-state index contributed by atoms with van der Waals surface area (Å²) in [5.74, 6) is 1.07. The molecule has 0 spiro atoms. The van der Waals surface area contributed by atoms with E-state index in [1.54, 1.807) is 6.92 Å². The fourth-order valence-electron chi connectivity index (χ4n) is 2.51. The van der Waals surface area contributed by atoms with Crippen LogP contribution in [0.3, 0.4) is 0 Å². The van der Waals surface area contributed by atoms with Crippen LogP contribution in [-0.4, -0.2) is 11.1 Å². The fourth-order valence-corrected chi connectivity index (χ4v) is 2.51. The third-order valence-electron chi connectivity index (χ3n) is 3.71. The molecule has 0 aliphatic heterocycles. The Balaban J connectivity index is 1.82. The highest BCUT2D eigenvalue weighted by molar-refractivity contribution is 5.96. The molecule has 22 heavy (non-hydrogen) atoms. The highest BCUT2D eigenvalue weighted by Crippen LogP contribution is 2.24. The van der Waals surface area contributed by atoms with Gasteiger partial charge in [0.2, 0.25) is 0 Å². The van der Waals surface area contributed by atoms with Crippen molar-refractivity contribution < 1.29 is 13.7 Å². The first-order valence-electron chi connectivity index (χ1n) is 7.34. The van der Waals surface area contributed by atoms with Gasteiger partial charge in [0.05, 0.1) is 11.7 Å². The van der Waals surface area contributed by atoms with Crippen LogP contribution in [0.5, 0.6) is 0 Å². The number of amides is 1. The molecule has 5 nitrogen and oxygen atoms in total. The summed E-state index contributed by atoms with van der Waals surface area (Å²) in [6, 6.07) is 9.48. The number of rotatable bonds is 4. The Hall–Kier alpha value is -2.56. The molecule has 1 aromatic carbocycles. The average Bonchev–Trinajstić information content (AvgIpc) is 3.10. The largest absolute Gasteiger partial charge is 0.459 e. The predicted octanol–water partition coefficient (Wildman–Crippen LogP) is 3.78. The van der Waals surface area contributed by atoms with Gasteiger partial charge in [-0.05, 0) is 32.4 Å². The minimum absolute atomic E-state index is 0.191. The fraction of sp³-hybridized carbons (Fsp3) is 0.294. The maximum absolute atomic E-state index is 12.5. The summed E-state index contributed by atoms with van der Waals surface area (Å²) in [7, 11) is 0. The number of nitrogens with zero attached hydrogens (tertiary/aromatic N) is 1. The van der Waals surface area contributed by atoms with E-state index in [0.29, 0.717) is 23.4 Å². The van der Waals surface area contributed by atoms with E-state index < -0.39 is 0 Å². The van der Waals surface area contributed by atoms with Gasteiger partial charge in [-0.15, -0.1) is 0 Å². The second-order valence-electron chi connectivity index (χ2n) is 5.30. The molecular formula is C17H18N2O3. The van der Waals surface area contributed by atoms with E-state index in [0.717, 1.165) is 16.7 Å². The van der Waals surface area contributed by atoms with Crippen LogP contribution in [0.25, 0.3) is 11.0 Å². The van der Waals surface area contributed by atoms with Crippen LogP contribution >= 0.6 is 0 Å². The number of carbonyl (C=O) groups excluding carboxylic acids is 1. The zero-order chi connectivity index (χ0) is 15.7. The van der Waals surface area contributed by atoms with Crippen molar-refractivity contribution in [1.82, 2.24) is 10.5 Å². The predicted molar refractivity (Wildman–Crippen MR) is 82.7 cm³/mol. The van der Waals surface area contributed by atoms with Crippen LogP contribution in [-0.2, 0) is 6.42 Å². The lowest BCUT2D eigenvalue weighted by Crippen LogP contribution is -2.27. The lowest BCUT2D eigenvalue weighted by atomic mass is 10.1. The van der Waals surface area contributed by atoms with Crippen molar-refractivity contribution in [3.63, 3.8) is 0 Å². The first-order valence-corrected chi connectivity index (χ1v) is 7.34. The number of carbonyl (C=O) groups is 1. The zero-order valence-corrected chi connectivity index (χ0v) is 12.8. The molecule has 114 valence electrons. The van der Waals surface area contributed by atoms with Crippen molar-refractivity contribution in [2.75, 3.05) is 0 Å². The summed E-state index contributed by atoms with van der Waals surface area (Å²) in [6.07, 6.45) is 0.652. The summed E-state index contributed by atoms with van der Waals surface area (Å²) in [6.45, 7) is 5.58. The molecule has 1 N–H and O–H groups in total. The van der Waals surface area contributed by atoms with Gasteiger partial charge in [-0.1, -0.05) is 30.3 Å². The zero-order valence-electron chi connectivity index (χ0n) is 12.8. The Kier molecular flexibility index (Phi) is 3.71. The SMILES string of the molecule is CCc1noc(C)c1C(=O)N[C@@H](C)c1cc2ccccc2o1. The topological polar surface area (TPSA) is 68.3 Å². The van der Waals surface area contributed by atoms with E-state index in [2.05, 4.69) is 10.5 Å². The number of furan rings is 1. The van der Waals surface area contributed by atoms with Gasteiger partial charge in [-0.25, -0.2) is 0 Å². The van der Waals surface area contributed by atoms with E-state index in [9.17, 15) is 4.79 Å².